The molecule has 0 spiro atoms. The minimum atomic E-state index is 0.429. The normalized spacial score (nSPS) is 15.8. The Morgan fingerprint density at radius 3 is 2.92 bits per heavy atom. The number of halogens is 1. The van der Waals surface area contributed by atoms with E-state index >= 15 is 0 Å². The second-order valence-electron chi connectivity index (χ2n) is 2.97. The second-order valence-corrected chi connectivity index (χ2v) is 4.66. The summed E-state index contributed by atoms with van der Waals surface area (Å²) in [6.07, 6.45) is 6.58. The lowest BCUT2D eigenvalue weighted by Crippen LogP contribution is -1.97. The van der Waals surface area contributed by atoms with Crippen molar-refractivity contribution in [2.24, 2.45) is 0 Å². The lowest BCUT2D eigenvalue weighted by Gasteiger charge is -2.06. The molecule has 1 aromatic heterocycles. The zero-order valence-corrected chi connectivity index (χ0v) is 9.69. The van der Waals surface area contributed by atoms with Crippen LogP contribution in [-0.4, -0.2) is 17.3 Å². The molecule has 0 bridgehead atoms. The summed E-state index contributed by atoms with van der Waals surface area (Å²) < 4.78 is 6.64. The summed E-state index contributed by atoms with van der Waals surface area (Å²) in [6.45, 7) is 0. The highest BCUT2D eigenvalue weighted by Crippen LogP contribution is 2.32. The molecule has 1 saturated carbocycles. The first kappa shape index (κ1) is 9.34. The molecule has 2 nitrogen and oxygen atoms in total. The molecule has 0 aliphatic heterocycles. The Morgan fingerprint density at radius 2 is 2.38 bits per heavy atom. The lowest BCUT2D eigenvalue weighted by molar-refractivity contribution is 0.299. The number of hydrogen-bond donors (Lipinski definition) is 0. The standard InChI is InChI=1S/C9H10BrNOS/c1-13-9-4-7(10)8(5-11-9)12-6-2-3-6/h4-6H,2-3H2,1H3. The first-order valence-corrected chi connectivity index (χ1v) is 6.17. The Hall–Kier alpha value is -0.220. The number of hydrogen-bond acceptors (Lipinski definition) is 3. The van der Waals surface area contributed by atoms with Crippen molar-refractivity contribution in [2.75, 3.05) is 6.26 Å². The van der Waals surface area contributed by atoms with Crippen molar-refractivity contribution >= 4 is 27.7 Å². The molecule has 0 N–H and O–H groups in total. The molecule has 70 valence electrons. The van der Waals surface area contributed by atoms with E-state index in [-0.39, 0.29) is 0 Å². The van der Waals surface area contributed by atoms with Gasteiger partial charge < -0.3 is 4.74 Å². The van der Waals surface area contributed by atoms with E-state index in [4.69, 9.17) is 4.74 Å². The van der Waals surface area contributed by atoms with Gasteiger partial charge in [0.25, 0.3) is 0 Å². The molecule has 13 heavy (non-hydrogen) atoms. The Morgan fingerprint density at radius 1 is 1.62 bits per heavy atom. The number of rotatable bonds is 3. The van der Waals surface area contributed by atoms with E-state index in [0.717, 1.165) is 15.2 Å². The van der Waals surface area contributed by atoms with Crippen LogP contribution in [0.2, 0.25) is 0 Å². The monoisotopic (exact) mass is 259 g/mol. The van der Waals surface area contributed by atoms with Crippen LogP contribution in [0.3, 0.4) is 0 Å². The van der Waals surface area contributed by atoms with E-state index in [9.17, 15) is 0 Å². The van der Waals surface area contributed by atoms with E-state index in [2.05, 4.69) is 20.9 Å². The molecule has 0 saturated heterocycles. The summed E-state index contributed by atoms with van der Waals surface area (Å²) >= 11 is 5.10. The fourth-order valence-corrected chi connectivity index (χ4v) is 1.92. The van der Waals surface area contributed by atoms with Crippen LogP contribution in [0.1, 0.15) is 12.8 Å². The van der Waals surface area contributed by atoms with Crippen LogP contribution in [0, 0.1) is 0 Å². The van der Waals surface area contributed by atoms with Gasteiger partial charge in [0.2, 0.25) is 0 Å². The predicted octanol–water partition coefficient (Wildman–Crippen LogP) is 3.11. The van der Waals surface area contributed by atoms with Gasteiger partial charge in [0.15, 0.2) is 5.75 Å². The van der Waals surface area contributed by atoms with Crippen LogP contribution in [0.15, 0.2) is 21.8 Å². The third-order valence-corrected chi connectivity index (χ3v) is 3.08. The van der Waals surface area contributed by atoms with Gasteiger partial charge in [-0.3, -0.25) is 0 Å². The highest BCUT2D eigenvalue weighted by Gasteiger charge is 2.24. The number of aromatic nitrogens is 1. The molecule has 4 heteroatoms. The molecule has 1 fully saturated rings. The fraction of sp³-hybridized carbons (Fsp3) is 0.444. The maximum absolute atomic E-state index is 5.64. The van der Waals surface area contributed by atoms with Gasteiger partial charge in [0.1, 0.15) is 0 Å². The summed E-state index contributed by atoms with van der Waals surface area (Å²) in [4.78, 5) is 4.25. The quantitative estimate of drug-likeness (QED) is 0.779. The second kappa shape index (κ2) is 3.88. The largest absolute Gasteiger partial charge is 0.488 e. The number of thioether (sulfide) groups is 1. The number of pyridine rings is 1. The van der Waals surface area contributed by atoms with Crippen molar-refractivity contribution in [3.05, 3.63) is 16.7 Å². The molecule has 1 heterocycles. The van der Waals surface area contributed by atoms with Crippen LogP contribution in [0.5, 0.6) is 5.75 Å². The molecule has 0 radical (unpaired) electrons. The minimum absolute atomic E-state index is 0.429. The summed E-state index contributed by atoms with van der Waals surface area (Å²) in [6, 6.07) is 1.99. The molecule has 1 aliphatic rings. The van der Waals surface area contributed by atoms with Crippen LogP contribution in [0.25, 0.3) is 0 Å². The molecule has 1 aliphatic carbocycles. The predicted molar refractivity (Wildman–Crippen MR) is 57.4 cm³/mol. The van der Waals surface area contributed by atoms with Crippen molar-refractivity contribution in [1.29, 1.82) is 0 Å². The maximum atomic E-state index is 5.64. The van der Waals surface area contributed by atoms with Crippen LogP contribution >= 0.6 is 27.7 Å². The summed E-state index contributed by atoms with van der Waals surface area (Å²) in [5.41, 5.74) is 0. The topological polar surface area (TPSA) is 22.1 Å². The lowest BCUT2D eigenvalue weighted by atomic mass is 10.4. The van der Waals surface area contributed by atoms with Gasteiger partial charge in [0, 0.05) is 0 Å². The van der Waals surface area contributed by atoms with Gasteiger partial charge in [0.05, 0.1) is 21.8 Å². The molecule has 0 unspecified atom stereocenters. The smallest absolute Gasteiger partial charge is 0.152 e. The SMILES string of the molecule is CSc1cc(Br)c(OC2CC2)cn1. The van der Waals surface area contributed by atoms with E-state index < -0.39 is 0 Å². The summed E-state index contributed by atoms with van der Waals surface area (Å²) in [5, 5.41) is 1.01. The Kier molecular flexibility index (Phi) is 2.79. The highest BCUT2D eigenvalue weighted by molar-refractivity contribution is 9.10. The van der Waals surface area contributed by atoms with E-state index in [0.29, 0.717) is 6.10 Å². The summed E-state index contributed by atoms with van der Waals surface area (Å²) in [5.74, 6) is 0.861. The van der Waals surface area contributed by atoms with E-state index in [1.165, 1.54) is 12.8 Å². The third kappa shape index (κ3) is 2.38. The number of nitrogens with zero attached hydrogens (tertiary/aromatic N) is 1. The maximum Gasteiger partial charge on any atom is 0.152 e. The Bertz CT molecular complexity index is 314. The molecule has 0 atom stereocenters. The van der Waals surface area contributed by atoms with Crippen LogP contribution in [0.4, 0.5) is 0 Å². The van der Waals surface area contributed by atoms with E-state index in [1.807, 2.05) is 12.3 Å². The van der Waals surface area contributed by atoms with Gasteiger partial charge in [-0.15, -0.1) is 11.8 Å². The zero-order valence-electron chi connectivity index (χ0n) is 7.29. The van der Waals surface area contributed by atoms with Crippen molar-refractivity contribution in [1.82, 2.24) is 4.98 Å². The Balaban J connectivity index is 2.15. The third-order valence-electron chi connectivity index (χ3n) is 1.82. The molecular formula is C9H10BrNOS. The molecule has 1 aromatic rings. The van der Waals surface area contributed by atoms with Gasteiger partial charge >= 0.3 is 0 Å². The fourth-order valence-electron chi connectivity index (χ4n) is 0.965. The average Bonchev–Trinajstić information content (AvgIpc) is 2.92. The Labute approximate surface area is 90.2 Å². The van der Waals surface area contributed by atoms with Crippen molar-refractivity contribution < 1.29 is 4.74 Å². The average molecular weight is 260 g/mol. The van der Waals surface area contributed by atoms with Gasteiger partial charge in [-0.1, -0.05) is 0 Å². The zero-order chi connectivity index (χ0) is 9.26. The van der Waals surface area contributed by atoms with Crippen LogP contribution < -0.4 is 4.74 Å². The van der Waals surface area contributed by atoms with E-state index in [1.54, 1.807) is 18.0 Å². The summed E-state index contributed by atoms with van der Waals surface area (Å²) in [7, 11) is 0. The van der Waals surface area contributed by atoms with Gasteiger partial charge in [-0.2, -0.15) is 0 Å². The molecular weight excluding hydrogens is 250 g/mol. The van der Waals surface area contributed by atoms with Gasteiger partial charge in [-0.05, 0) is 41.1 Å². The molecule has 0 aromatic carbocycles. The first-order valence-electron chi connectivity index (χ1n) is 4.16. The number of ether oxygens (including phenoxy) is 1. The van der Waals surface area contributed by atoms with Crippen molar-refractivity contribution in [3.63, 3.8) is 0 Å². The highest BCUT2D eigenvalue weighted by atomic mass is 79.9. The van der Waals surface area contributed by atoms with Crippen molar-refractivity contribution in [3.8, 4) is 5.75 Å². The first-order chi connectivity index (χ1) is 6.29. The molecule has 0 amide bonds. The van der Waals surface area contributed by atoms with Gasteiger partial charge in [-0.25, -0.2) is 4.98 Å². The van der Waals surface area contributed by atoms with Crippen LogP contribution in [-0.2, 0) is 0 Å². The molecule has 2 rings (SSSR count). The van der Waals surface area contributed by atoms with Crippen molar-refractivity contribution in [2.45, 2.75) is 24.0 Å². The minimum Gasteiger partial charge on any atom is -0.488 e.